The lowest BCUT2D eigenvalue weighted by Crippen LogP contribution is -2.26. The van der Waals surface area contributed by atoms with Gasteiger partial charge < -0.3 is 19.9 Å². The Kier molecular flexibility index (Phi) is 7.20. The zero-order chi connectivity index (χ0) is 23.4. The van der Waals surface area contributed by atoms with Crippen molar-refractivity contribution in [2.75, 3.05) is 13.2 Å². The number of hydrogen-bond acceptors (Lipinski definition) is 4. The van der Waals surface area contributed by atoms with Gasteiger partial charge in [0.2, 0.25) is 0 Å². The molecule has 0 radical (unpaired) electrons. The van der Waals surface area contributed by atoms with E-state index in [0.717, 1.165) is 5.56 Å². The molecular weight excluding hydrogens is 510 g/mol. The zero-order valence-corrected chi connectivity index (χ0v) is 19.8. The maximum Gasteiger partial charge on any atom is 0.311 e. The Morgan fingerprint density at radius 3 is 2.58 bits per heavy atom. The molecule has 0 saturated heterocycles. The van der Waals surface area contributed by atoms with Crippen molar-refractivity contribution in [2.24, 2.45) is 0 Å². The van der Waals surface area contributed by atoms with Gasteiger partial charge in [0, 0.05) is 23.7 Å². The number of carbonyl (C=O) groups is 2. The lowest BCUT2D eigenvalue weighted by Gasteiger charge is -2.24. The maximum absolute atomic E-state index is 12.5. The molecule has 0 saturated carbocycles. The Labute approximate surface area is 204 Å². The lowest BCUT2D eigenvalue weighted by molar-refractivity contribution is -0.139. The van der Waals surface area contributed by atoms with E-state index in [0.29, 0.717) is 47.9 Å². The minimum Gasteiger partial charge on any atom is -0.493 e. The third-order valence-corrected chi connectivity index (χ3v) is 6.50. The molecule has 1 amide bonds. The van der Waals surface area contributed by atoms with Gasteiger partial charge in [-0.2, -0.15) is 0 Å². The molecule has 6 nitrogen and oxygen atoms in total. The van der Waals surface area contributed by atoms with E-state index in [2.05, 4.69) is 21.2 Å². The summed E-state index contributed by atoms with van der Waals surface area (Å²) in [6.45, 7) is 0.761. The highest BCUT2D eigenvalue weighted by Gasteiger charge is 2.29. The van der Waals surface area contributed by atoms with Crippen molar-refractivity contribution in [3.63, 3.8) is 0 Å². The summed E-state index contributed by atoms with van der Waals surface area (Å²) in [4.78, 5) is 24.0. The molecule has 0 bridgehead atoms. The zero-order valence-electron chi connectivity index (χ0n) is 17.5. The number of carboxylic acid groups (broad SMARTS) is 1. The average molecular weight is 531 g/mol. The van der Waals surface area contributed by atoms with E-state index in [4.69, 9.17) is 21.1 Å². The standard InChI is InChI=1S/C25H21BrClNO5/c26-20(15-4-2-1-3-5-15)14-28-24(29)16-6-8-17(9-7-16)33-23-13-22-19(12-21(23)27)18(25(30)31)10-11-32-22/h1-9,12-13,18,20H,10-11,14H2,(H,28,29)(H,30,31). The SMILES string of the molecule is O=C(NCC(Br)c1ccccc1)c1ccc(Oc2cc3c(cc2Cl)C(C(=O)O)CCO3)cc1. The first-order valence-corrected chi connectivity index (χ1v) is 11.7. The van der Waals surface area contributed by atoms with Gasteiger partial charge in [0.25, 0.3) is 5.91 Å². The normalized spacial score (nSPS) is 15.6. The molecule has 3 aromatic rings. The summed E-state index contributed by atoms with van der Waals surface area (Å²) in [5.74, 6) is -0.466. The molecule has 8 heteroatoms. The van der Waals surface area contributed by atoms with Gasteiger partial charge in [-0.05, 0) is 42.3 Å². The van der Waals surface area contributed by atoms with Crippen LogP contribution in [0.4, 0.5) is 0 Å². The van der Waals surface area contributed by atoms with Crippen molar-refractivity contribution >= 4 is 39.4 Å². The van der Waals surface area contributed by atoms with Crippen LogP contribution in [0.25, 0.3) is 0 Å². The van der Waals surface area contributed by atoms with E-state index >= 15 is 0 Å². The molecule has 2 N–H and O–H groups in total. The van der Waals surface area contributed by atoms with E-state index in [9.17, 15) is 14.7 Å². The van der Waals surface area contributed by atoms with Gasteiger partial charge in [-0.3, -0.25) is 9.59 Å². The Morgan fingerprint density at radius 2 is 1.88 bits per heavy atom. The van der Waals surface area contributed by atoms with Crippen LogP contribution in [0, 0.1) is 0 Å². The fourth-order valence-corrected chi connectivity index (χ4v) is 4.27. The van der Waals surface area contributed by atoms with Gasteiger partial charge >= 0.3 is 5.97 Å². The number of nitrogens with one attached hydrogen (secondary N) is 1. The number of carbonyl (C=O) groups excluding carboxylic acids is 1. The second kappa shape index (κ2) is 10.3. The quantitative estimate of drug-likeness (QED) is 0.369. The van der Waals surface area contributed by atoms with Crippen LogP contribution in [0.15, 0.2) is 66.7 Å². The van der Waals surface area contributed by atoms with E-state index < -0.39 is 11.9 Å². The number of ether oxygens (including phenoxy) is 2. The summed E-state index contributed by atoms with van der Waals surface area (Å²) in [6, 6.07) is 19.7. The van der Waals surface area contributed by atoms with Gasteiger partial charge in [0.1, 0.15) is 17.2 Å². The van der Waals surface area contributed by atoms with Gasteiger partial charge in [0.05, 0.1) is 22.4 Å². The lowest BCUT2D eigenvalue weighted by atomic mass is 9.93. The topological polar surface area (TPSA) is 84.9 Å². The van der Waals surface area contributed by atoms with Gasteiger partial charge in [-0.15, -0.1) is 0 Å². The average Bonchev–Trinajstić information content (AvgIpc) is 2.83. The van der Waals surface area contributed by atoms with Crippen molar-refractivity contribution in [3.8, 4) is 17.2 Å². The molecule has 1 heterocycles. The smallest absolute Gasteiger partial charge is 0.311 e. The summed E-state index contributed by atoms with van der Waals surface area (Å²) in [6.07, 6.45) is 0.392. The monoisotopic (exact) mass is 529 g/mol. The second-order valence-corrected chi connectivity index (χ2v) is 9.08. The Morgan fingerprint density at radius 1 is 1.15 bits per heavy atom. The van der Waals surface area contributed by atoms with E-state index in [1.807, 2.05) is 30.3 Å². The molecule has 0 aromatic heterocycles. The minimum atomic E-state index is -0.909. The third kappa shape index (κ3) is 5.49. The number of fused-ring (bicyclic) bond motifs is 1. The summed E-state index contributed by atoms with van der Waals surface area (Å²) in [5.41, 5.74) is 2.13. The first kappa shape index (κ1) is 23.1. The number of alkyl halides is 1. The molecule has 3 aromatic carbocycles. The van der Waals surface area contributed by atoms with Crippen molar-refractivity contribution in [3.05, 3.63) is 88.4 Å². The predicted molar refractivity (Wildman–Crippen MR) is 129 cm³/mol. The number of carboxylic acids is 1. The van der Waals surface area contributed by atoms with Crippen molar-refractivity contribution in [2.45, 2.75) is 17.2 Å². The number of benzene rings is 3. The predicted octanol–water partition coefficient (Wildman–Crippen LogP) is 5.95. The maximum atomic E-state index is 12.5. The van der Waals surface area contributed by atoms with Crippen LogP contribution >= 0.6 is 27.5 Å². The minimum absolute atomic E-state index is 0.0133. The number of aliphatic carboxylic acids is 1. The van der Waals surface area contributed by atoms with Crippen LogP contribution in [0.5, 0.6) is 17.2 Å². The Hall–Kier alpha value is -3.03. The number of halogens is 2. The summed E-state index contributed by atoms with van der Waals surface area (Å²) >= 11 is 9.93. The van der Waals surface area contributed by atoms with Crippen molar-refractivity contribution < 1.29 is 24.2 Å². The van der Waals surface area contributed by atoms with Crippen LogP contribution < -0.4 is 14.8 Å². The first-order chi connectivity index (χ1) is 15.9. The molecule has 2 atom stereocenters. The highest BCUT2D eigenvalue weighted by Crippen LogP contribution is 2.41. The number of amides is 1. The van der Waals surface area contributed by atoms with Crippen LogP contribution in [-0.2, 0) is 4.79 Å². The number of rotatable bonds is 7. The fourth-order valence-electron chi connectivity index (χ4n) is 3.59. The van der Waals surface area contributed by atoms with Crippen LogP contribution in [0.3, 0.4) is 0 Å². The van der Waals surface area contributed by atoms with Crippen LogP contribution in [0.2, 0.25) is 5.02 Å². The van der Waals surface area contributed by atoms with Crippen LogP contribution in [0.1, 0.15) is 38.7 Å². The fraction of sp³-hybridized carbons (Fsp3) is 0.200. The summed E-state index contributed by atoms with van der Waals surface area (Å²) < 4.78 is 11.5. The van der Waals surface area contributed by atoms with Gasteiger partial charge in [-0.1, -0.05) is 57.9 Å². The molecule has 1 aliphatic rings. The first-order valence-electron chi connectivity index (χ1n) is 10.4. The molecule has 1 aliphatic heterocycles. The highest BCUT2D eigenvalue weighted by molar-refractivity contribution is 9.09. The van der Waals surface area contributed by atoms with Gasteiger partial charge in [-0.25, -0.2) is 0 Å². The van der Waals surface area contributed by atoms with Gasteiger partial charge in [0.15, 0.2) is 0 Å². The highest BCUT2D eigenvalue weighted by atomic mass is 79.9. The largest absolute Gasteiger partial charge is 0.493 e. The second-order valence-electron chi connectivity index (χ2n) is 7.56. The number of hydrogen-bond donors (Lipinski definition) is 2. The molecule has 0 fully saturated rings. The summed E-state index contributed by atoms with van der Waals surface area (Å²) in [5, 5.41) is 12.6. The Bertz CT molecular complexity index is 1150. The third-order valence-electron chi connectivity index (χ3n) is 5.35. The molecule has 4 rings (SSSR count). The molecular formula is C25H21BrClNO5. The van der Waals surface area contributed by atoms with Crippen LogP contribution in [-0.4, -0.2) is 30.1 Å². The van der Waals surface area contributed by atoms with Crippen molar-refractivity contribution in [1.82, 2.24) is 5.32 Å². The molecule has 33 heavy (non-hydrogen) atoms. The molecule has 170 valence electrons. The van der Waals surface area contributed by atoms with E-state index in [1.165, 1.54) is 0 Å². The molecule has 0 spiro atoms. The van der Waals surface area contributed by atoms with E-state index in [1.54, 1.807) is 36.4 Å². The Balaban J connectivity index is 1.40. The van der Waals surface area contributed by atoms with Crippen molar-refractivity contribution in [1.29, 1.82) is 0 Å². The van der Waals surface area contributed by atoms with E-state index in [-0.39, 0.29) is 15.8 Å². The summed E-state index contributed by atoms with van der Waals surface area (Å²) in [7, 11) is 0. The molecule has 2 unspecified atom stereocenters. The molecule has 0 aliphatic carbocycles.